The van der Waals surface area contributed by atoms with Gasteiger partial charge in [-0.15, -0.1) is 0 Å². The van der Waals surface area contributed by atoms with Crippen LogP contribution in [0, 0.1) is 0 Å². The minimum Gasteiger partial charge on any atom is -0.398 e. The van der Waals surface area contributed by atoms with Gasteiger partial charge in [-0.05, 0) is 44.9 Å². The molecule has 0 radical (unpaired) electrons. The summed E-state index contributed by atoms with van der Waals surface area (Å²) in [7, 11) is 0. The predicted octanol–water partition coefficient (Wildman–Crippen LogP) is 3.55. The molecule has 2 rings (SSSR count). The van der Waals surface area contributed by atoms with Crippen molar-refractivity contribution in [1.82, 2.24) is 10.2 Å². The summed E-state index contributed by atoms with van der Waals surface area (Å²) < 4.78 is 0. The number of amides is 1. The van der Waals surface area contributed by atoms with Gasteiger partial charge in [0, 0.05) is 35.9 Å². The van der Waals surface area contributed by atoms with Gasteiger partial charge in [0.1, 0.15) is 0 Å². The number of carbonyl (C=O) groups excluding carboxylic acids is 1. The highest BCUT2D eigenvalue weighted by Crippen LogP contribution is 2.19. The lowest BCUT2D eigenvalue weighted by Gasteiger charge is -2.34. The Labute approximate surface area is 139 Å². The van der Waals surface area contributed by atoms with Crippen LogP contribution in [0.2, 0.25) is 5.02 Å². The van der Waals surface area contributed by atoms with Crippen LogP contribution < -0.4 is 11.1 Å². The van der Waals surface area contributed by atoms with Gasteiger partial charge >= 0.3 is 0 Å². The summed E-state index contributed by atoms with van der Waals surface area (Å²) in [6.45, 7) is 10.4. The summed E-state index contributed by atoms with van der Waals surface area (Å²) in [5.74, 6) is -0.131. The van der Waals surface area contributed by atoms with E-state index in [1.807, 2.05) is 13.8 Å². The topological polar surface area (TPSA) is 58.4 Å². The molecule has 1 aliphatic heterocycles. The Morgan fingerprint density at radius 2 is 1.91 bits per heavy atom. The van der Waals surface area contributed by atoms with Gasteiger partial charge in [-0.1, -0.05) is 25.4 Å². The number of carbonyl (C=O) groups is 1. The Hall–Kier alpha value is -1.26. The van der Waals surface area contributed by atoms with Crippen LogP contribution >= 0.6 is 11.6 Å². The van der Waals surface area contributed by atoms with E-state index in [4.69, 9.17) is 17.3 Å². The molecule has 0 spiro atoms. The van der Waals surface area contributed by atoms with Crippen molar-refractivity contribution in [2.75, 3.05) is 18.8 Å². The molecule has 1 fully saturated rings. The number of rotatable bonds is 3. The zero-order valence-electron chi connectivity index (χ0n) is 14.0. The smallest absolute Gasteiger partial charge is 0.253 e. The lowest BCUT2D eigenvalue weighted by molar-refractivity contribution is 0.0901. The molecular formula is C17H28ClN3O. The molecule has 0 unspecified atom stereocenters. The molecule has 5 heteroatoms. The number of nitrogens with one attached hydrogen (secondary N) is 1. The lowest BCUT2D eigenvalue weighted by atomic mass is 10.0. The number of likely N-dealkylation sites (tertiary alicyclic amines) is 1. The summed E-state index contributed by atoms with van der Waals surface area (Å²) in [6.07, 6.45) is 1.95. The first-order valence-electron chi connectivity index (χ1n) is 8.07. The predicted molar refractivity (Wildman–Crippen MR) is 94.4 cm³/mol. The number of piperidine rings is 1. The lowest BCUT2D eigenvalue weighted by Crippen LogP contribution is -2.46. The molecule has 1 amide bonds. The van der Waals surface area contributed by atoms with Gasteiger partial charge in [0.25, 0.3) is 5.91 Å². The van der Waals surface area contributed by atoms with Crippen molar-refractivity contribution in [1.29, 1.82) is 0 Å². The van der Waals surface area contributed by atoms with E-state index in [1.165, 1.54) is 0 Å². The summed E-state index contributed by atoms with van der Waals surface area (Å²) in [5.41, 5.74) is 6.76. The number of hydrogen-bond acceptors (Lipinski definition) is 3. The zero-order chi connectivity index (χ0) is 16.7. The largest absolute Gasteiger partial charge is 0.398 e. The third-order valence-corrected chi connectivity index (χ3v) is 4.09. The van der Waals surface area contributed by atoms with Crippen LogP contribution in [0.25, 0.3) is 0 Å². The van der Waals surface area contributed by atoms with E-state index in [9.17, 15) is 4.79 Å². The van der Waals surface area contributed by atoms with E-state index in [0.717, 1.165) is 25.9 Å². The van der Waals surface area contributed by atoms with Crippen molar-refractivity contribution in [2.24, 2.45) is 0 Å². The summed E-state index contributed by atoms with van der Waals surface area (Å²) in [4.78, 5) is 14.7. The number of hydrogen-bond donors (Lipinski definition) is 2. The molecule has 0 aliphatic carbocycles. The number of halogens is 1. The molecule has 0 bridgehead atoms. The van der Waals surface area contributed by atoms with Gasteiger partial charge in [0.05, 0.1) is 5.56 Å². The standard InChI is InChI=1S/C15H22ClN3O.C2H6/c1-10(2)19-7-5-12(6-8-19)18-15(20)13-9-11(16)3-4-14(13)17;1-2/h3-4,9-10,12H,5-8,17H2,1-2H3,(H,18,20);1-2H3. The number of nitrogens with two attached hydrogens (primary N) is 1. The minimum absolute atomic E-state index is 0.131. The van der Waals surface area contributed by atoms with Crippen molar-refractivity contribution in [2.45, 2.75) is 52.6 Å². The summed E-state index contributed by atoms with van der Waals surface area (Å²) >= 11 is 5.92. The SMILES string of the molecule is CC.CC(C)N1CCC(NC(=O)c2cc(Cl)ccc2N)CC1. The fourth-order valence-electron chi connectivity index (χ4n) is 2.55. The van der Waals surface area contributed by atoms with E-state index in [2.05, 4.69) is 24.1 Å². The van der Waals surface area contributed by atoms with Crippen LogP contribution in [0.4, 0.5) is 5.69 Å². The normalized spacial score (nSPS) is 16.1. The Kier molecular flexibility index (Phi) is 7.69. The molecule has 0 aromatic heterocycles. The number of anilines is 1. The molecule has 1 aliphatic rings. The van der Waals surface area contributed by atoms with E-state index in [0.29, 0.717) is 22.3 Å². The molecule has 4 nitrogen and oxygen atoms in total. The highest BCUT2D eigenvalue weighted by atomic mass is 35.5. The van der Waals surface area contributed by atoms with E-state index >= 15 is 0 Å². The maximum absolute atomic E-state index is 12.2. The maximum Gasteiger partial charge on any atom is 0.253 e. The number of benzene rings is 1. The van der Waals surface area contributed by atoms with Crippen LogP contribution in [0.5, 0.6) is 0 Å². The summed E-state index contributed by atoms with van der Waals surface area (Å²) in [6, 6.07) is 5.76. The van der Waals surface area contributed by atoms with Gasteiger partial charge in [-0.3, -0.25) is 4.79 Å². The minimum atomic E-state index is -0.131. The Morgan fingerprint density at radius 3 is 2.45 bits per heavy atom. The summed E-state index contributed by atoms with van der Waals surface area (Å²) in [5, 5.41) is 3.59. The van der Waals surface area contributed by atoms with Gasteiger partial charge in [0.2, 0.25) is 0 Å². The van der Waals surface area contributed by atoms with Crippen LogP contribution in [-0.4, -0.2) is 36.0 Å². The van der Waals surface area contributed by atoms with Gasteiger partial charge < -0.3 is 16.0 Å². The van der Waals surface area contributed by atoms with Gasteiger partial charge in [-0.25, -0.2) is 0 Å². The quantitative estimate of drug-likeness (QED) is 0.835. The van der Waals surface area contributed by atoms with E-state index in [-0.39, 0.29) is 11.9 Å². The Balaban J connectivity index is 0.00000116. The van der Waals surface area contributed by atoms with Crippen LogP contribution in [0.15, 0.2) is 18.2 Å². The second-order valence-electron chi connectivity index (χ2n) is 5.61. The first kappa shape index (κ1) is 18.8. The van der Waals surface area contributed by atoms with Crippen molar-refractivity contribution >= 4 is 23.2 Å². The van der Waals surface area contributed by atoms with E-state index in [1.54, 1.807) is 18.2 Å². The van der Waals surface area contributed by atoms with Crippen LogP contribution in [-0.2, 0) is 0 Å². The average molecular weight is 326 g/mol. The monoisotopic (exact) mass is 325 g/mol. The van der Waals surface area contributed by atoms with Crippen molar-refractivity contribution in [3.63, 3.8) is 0 Å². The first-order valence-corrected chi connectivity index (χ1v) is 8.45. The molecule has 22 heavy (non-hydrogen) atoms. The Bertz CT molecular complexity index is 483. The van der Waals surface area contributed by atoms with Crippen molar-refractivity contribution in [3.05, 3.63) is 28.8 Å². The molecule has 0 atom stereocenters. The zero-order valence-corrected chi connectivity index (χ0v) is 14.8. The molecule has 1 heterocycles. The highest BCUT2D eigenvalue weighted by molar-refractivity contribution is 6.31. The fourth-order valence-corrected chi connectivity index (χ4v) is 2.72. The fraction of sp³-hybridized carbons (Fsp3) is 0.588. The molecule has 3 N–H and O–H groups in total. The molecule has 1 saturated heterocycles. The second kappa shape index (κ2) is 9.01. The number of nitrogen functional groups attached to an aromatic ring is 1. The van der Waals surface area contributed by atoms with Crippen LogP contribution in [0.3, 0.4) is 0 Å². The molecular weight excluding hydrogens is 298 g/mol. The first-order chi connectivity index (χ1) is 10.5. The molecule has 1 aromatic rings. The molecule has 1 aromatic carbocycles. The molecule has 124 valence electrons. The van der Waals surface area contributed by atoms with Crippen molar-refractivity contribution < 1.29 is 4.79 Å². The maximum atomic E-state index is 12.2. The van der Waals surface area contributed by atoms with Crippen LogP contribution in [0.1, 0.15) is 50.9 Å². The highest BCUT2D eigenvalue weighted by Gasteiger charge is 2.23. The molecule has 0 saturated carbocycles. The van der Waals surface area contributed by atoms with E-state index < -0.39 is 0 Å². The van der Waals surface area contributed by atoms with Gasteiger partial charge in [0.15, 0.2) is 0 Å². The third kappa shape index (κ3) is 5.18. The van der Waals surface area contributed by atoms with Crippen molar-refractivity contribution in [3.8, 4) is 0 Å². The third-order valence-electron chi connectivity index (χ3n) is 3.86. The number of nitrogens with zero attached hydrogens (tertiary/aromatic N) is 1. The average Bonchev–Trinajstić information content (AvgIpc) is 2.52. The Morgan fingerprint density at radius 1 is 1.32 bits per heavy atom. The second-order valence-corrected chi connectivity index (χ2v) is 6.05. The van der Waals surface area contributed by atoms with Gasteiger partial charge in [-0.2, -0.15) is 0 Å².